The minimum Gasteiger partial charge on any atom is -0.454 e. The second kappa shape index (κ2) is 6.96. The van der Waals surface area contributed by atoms with Gasteiger partial charge in [0.25, 0.3) is 0 Å². The highest BCUT2D eigenvalue weighted by Crippen LogP contribution is 2.34. The van der Waals surface area contributed by atoms with Gasteiger partial charge in [-0.3, -0.25) is 0 Å². The maximum atomic E-state index is 6.01. The van der Waals surface area contributed by atoms with Gasteiger partial charge in [0.1, 0.15) is 16.9 Å². The van der Waals surface area contributed by atoms with Gasteiger partial charge in [0.2, 0.25) is 6.79 Å². The SMILES string of the molecule is CCc1nc(NCc2ccc3c(c2)OCO3)c2oc3ccccc3c2n1.Cl. The summed E-state index contributed by atoms with van der Waals surface area (Å²) in [5.41, 5.74) is 3.43. The molecule has 0 saturated carbocycles. The van der Waals surface area contributed by atoms with Crippen LogP contribution in [0.4, 0.5) is 5.82 Å². The van der Waals surface area contributed by atoms with Crippen molar-refractivity contribution >= 4 is 40.3 Å². The number of hydrogen-bond acceptors (Lipinski definition) is 6. The quantitative estimate of drug-likeness (QED) is 0.550. The van der Waals surface area contributed by atoms with Crippen molar-refractivity contribution in [3.05, 3.63) is 53.9 Å². The molecule has 4 aromatic rings. The molecule has 0 bridgehead atoms. The van der Waals surface area contributed by atoms with E-state index in [4.69, 9.17) is 13.9 Å². The van der Waals surface area contributed by atoms with Crippen molar-refractivity contribution in [1.82, 2.24) is 9.97 Å². The molecule has 6 nitrogen and oxygen atoms in total. The van der Waals surface area contributed by atoms with Crippen molar-refractivity contribution in [2.75, 3.05) is 12.1 Å². The highest BCUT2D eigenvalue weighted by Gasteiger charge is 2.16. The molecule has 1 aliphatic heterocycles. The zero-order valence-electron chi connectivity index (χ0n) is 14.7. The number of nitrogens with zero attached hydrogens (tertiary/aromatic N) is 2. The Morgan fingerprint density at radius 1 is 1.04 bits per heavy atom. The van der Waals surface area contributed by atoms with E-state index in [2.05, 4.69) is 15.3 Å². The molecule has 1 aliphatic rings. The Hall–Kier alpha value is -2.99. The first-order chi connectivity index (χ1) is 12.8. The van der Waals surface area contributed by atoms with Crippen LogP contribution in [0.2, 0.25) is 0 Å². The van der Waals surface area contributed by atoms with Crippen molar-refractivity contribution in [1.29, 1.82) is 0 Å². The molecule has 7 heteroatoms. The number of aryl methyl sites for hydroxylation is 1. The van der Waals surface area contributed by atoms with Gasteiger partial charge >= 0.3 is 0 Å². The van der Waals surface area contributed by atoms with Crippen LogP contribution in [0.5, 0.6) is 11.5 Å². The minimum absolute atomic E-state index is 0. The molecule has 0 spiro atoms. The molecule has 5 rings (SSSR count). The van der Waals surface area contributed by atoms with E-state index in [-0.39, 0.29) is 19.2 Å². The van der Waals surface area contributed by atoms with E-state index in [1.807, 2.05) is 49.4 Å². The first-order valence-corrected chi connectivity index (χ1v) is 8.62. The number of rotatable bonds is 4. The van der Waals surface area contributed by atoms with Gasteiger partial charge in [-0.1, -0.05) is 25.1 Å². The fourth-order valence-corrected chi connectivity index (χ4v) is 3.15. The zero-order valence-corrected chi connectivity index (χ0v) is 15.5. The summed E-state index contributed by atoms with van der Waals surface area (Å²) in [5.74, 6) is 3.05. The summed E-state index contributed by atoms with van der Waals surface area (Å²) in [7, 11) is 0. The molecule has 0 aliphatic carbocycles. The first kappa shape index (κ1) is 17.4. The fraction of sp³-hybridized carbons (Fsp3) is 0.200. The lowest BCUT2D eigenvalue weighted by molar-refractivity contribution is 0.174. The van der Waals surface area contributed by atoms with Crippen LogP contribution < -0.4 is 14.8 Å². The third-order valence-corrected chi connectivity index (χ3v) is 4.48. The van der Waals surface area contributed by atoms with Crippen molar-refractivity contribution in [2.45, 2.75) is 19.9 Å². The summed E-state index contributed by atoms with van der Waals surface area (Å²) in [6.07, 6.45) is 0.758. The van der Waals surface area contributed by atoms with Gasteiger partial charge in [-0.15, -0.1) is 12.4 Å². The van der Waals surface area contributed by atoms with Crippen LogP contribution in [0.1, 0.15) is 18.3 Å². The highest BCUT2D eigenvalue weighted by atomic mass is 35.5. The molecule has 0 amide bonds. The van der Waals surface area contributed by atoms with Crippen LogP contribution in [0.25, 0.3) is 22.1 Å². The molecule has 0 atom stereocenters. The fourth-order valence-electron chi connectivity index (χ4n) is 3.15. The lowest BCUT2D eigenvalue weighted by Gasteiger charge is -2.08. The summed E-state index contributed by atoms with van der Waals surface area (Å²) in [4.78, 5) is 9.29. The van der Waals surface area contributed by atoms with Crippen molar-refractivity contribution in [3.63, 3.8) is 0 Å². The van der Waals surface area contributed by atoms with Crippen molar-refractivity contribution < 1.29 is 13.9 Å². The molecular formula is C20H18ClN3O3. The van der Waals surface area contributed by atoms with Gasteiger partial charge in [-0.2, -0.15) is 0 Å². The van der Waals surface area contributed by atoms with E-state index < -0.39 is 0 Å². The molecule has 3 heterocycles. The number of fused-ring (bicyclic) bond motifs is 4. The van der Waals surface area contributed by atoms with E-state index in [0.29, 0.717) is 17.9 Å². The van der Waals surface area contributed by atoms with Crippen LogP contribution in [0.3, 0.4) is 0 Å². The predicted molar refractivity (Wildman–Crippen MR) is 106 cm³/mol. The predicted octanol–water partition coefficient (Wildman–Crippen LogP) is 4.70. The summed E-state index contributed by atoms with van der Waals surface area (Å²) >= 11 is 0. The number of hydrogen-bond donors (Lipinski definition) is 1. The third-order valence-electron chi connectivity index (χ3n) is 4.48. The van der Waals surface area contributed by atoms with Crippen LogP contribution >= 0.6 is 12.4 Å². The molecular weight excluding hydrogens is 366 g/mol. The second-order valence-corrected chi connectivity index (χ2v) is 6.16. The molecule has 0 saturated heterocycles. The Morgan fingerprint density at radius 2 is 1.89 bits per heavy atom. The molecule has 27 heavy (non-hydrogen) atoms. The molecule has 2 aromatic carbocycles. The molecule has 2 aromatic heterocycles. The smallest absolute Gasteiger partial charge is 0.231 e. The number of halogens is 1. The maximum Gasteiger partial charge on any atom is 0.231 e. The Bertz CT molecular complexity index is 1130. The Kier molecular flexibility index (Phi) is 4.49. The normalized spacial score (nSPS) is 12.3. The lowest BCUT2D eigenvalue weighted by Crippen LogP contribution is -2.04. The number of furan rings is 1. The monoisotopic (exact) mass is 383 g/mol. The molecule has 1 N–H and O–H groups in total. The Morgan fingerprint density at radius 3 is 2.78 bits per heavy atom. The van der Waals surface area contributed by atoms with Crippen molar-refractivity contribution in [2.24, 2.45) is 0 Å². The van der Waals surface area contributed by atoms with Gasteiger partial charge < -0.3 is 19.2 Å². The average Bonchev–Trinajstić information content (AvgIpc) is 3.29. The van der Waals surface area contributed by atoms with Gasteiger partial charge in [0.15, 0.2) is 22.9 Å². The number of aromatic nitrogens is 2. The summed E-state index contributed by atoms with van der Waals surface area (Å²) in [6.45, 7) is 2.92. The highest BCUT2D eigenvalue weighted by molar-refractivity contribution is 6.05. The van der Waals surface area contributed by atoms with E-state index in [1.54, 1.807) is 0 Å². The first-order valence-electron chi connectivity index (χ1n) is 8.62. The second-order valence-electron chi connectivity index (χ2n) is 6.16. The van der Waals surface area contributed by atoms with E-state index in [9.17, 15) is 0 Å². The van der Waals surface area contributed by atoms with Crippen LogP contribution in [0, 0.1) is 0 Å². The van der Waals surface area contributed by atoms with Gasteiger partial charge in [-0.05, 0) is 29.8 Å². The molecule has 0 radical (unpaired) electrons. The topological polar surface area (TPSA) is 69.4 Å². The Balaban J connectivity index is 0.00000180. The zero-order chi connectivity index (χ0) is 17.5. The lowest BCUT2D eigenvalue weighted by atomic mass is 10.2. The minimum atomic E-state index is 0. The number of para-hydroxylation sites is 1. The van der Waals surface area contributed by atoms with Gasteiger partial charge in [0, 0.05) is 18.4 Å². The summed E-state index contributed by atoms with van der Waals surface area (Å²) in [5, 5.41) is 4.39. The summed E-state index contributed by atoms with van der Waals surface area (Å²) < 4.78 is 16.8. The van der Waals surface area contributed by atoms with E-state index >= 15 is 0 Å². The van der Waals surface area contributed by atoms with Crippen LogP contribution in [0.15, 0.2) is 46.9 Å². The standard InChI is InChI=1S/C20H17N3O3.ClH/c1-2-17-22-18-13-5-3-4-6-14(13)26-19(18)20(23-17)21-10-12-7-8-15-16(9-12)25-11-24-15;/h3-9H,2,10-11H2,1H3,(H,21,22,23);1H. The largest absolute Gasteiger partial charge is 0.454 e. The number of nitrogens with one attached hydrogen (secondary N) is 1. The molecule has 138 valence electrons. The molecule has 0 fully saturated rings. The van der Waals surface area contributed by atoms with Gasteiger partial charge in [-0.25, -0.2) is 9.97 Å². The number of benzene rings is 2. The summed E-state index contributed by atoms with van der Waals surface area (Å²) in [6, 6.07) is 13.8. The van der Waals surface area contributed by atoms with Crippen molar-refractivity contribution in [3.8, 4) is 11.5 Å². The maximum absolute atomic E-state index is 6.01. The third kappa shape index (κ3) is 3.02. The Labute approximate surface area is 161 Å². The van der Waals surface area contributed by atoms with Crippen LogP contribution in [-0.2, 0) is 13.0 Å². The van der Waals surface area contributed by atoms with E-state index in [0.717, 1.165) is 45.8 Å². The number of ether oxygens (including phenoxy) is 2. The number of anilines is 1. The van der Waals surface area contributed by atoms with E-state index in [1.165, 1.54) is 0 Å². The van der Waals surface area contributed by atoms with Gasteiger partial charge in [0.05, 0.1) is 0 Å². The average molecular weight is 384 g/mol. The van der Waals surface area contributed by atoms with Crippen LogP contribution in [-0.4, -0.2) is 16.8 Å². The molecule has 0 unspecified atom stereocenters.